The fourth-order valence-corrected chi connectivity index (χ4v) is 5.26. The molecule has 0 bridgehead atoms. The standard InChI is InChI=1S/C25H33FN4O2/c1-17-13-19(23(2,3)32)15-27-21(17)30-16-24(28-22(30)31)9-11-25(12-10-24,29(4)5)18-7-6-8-20(26)14-18/h6-8,13-15,32H,9-12,16H2,1-5H3,(H,28,31). The molecule has 1 aliphatic carbocycles. The molecule has 2 N–H and O–H groups in total. The predicted molar refractivity (Wildman–Crippen MR) is 123 cm³/mol. The maximum absolute atomic E-state index is 14.0. The van der Waals surface area contributed by atoms with Crippen molar-refractivity contribution in [3.63, 3.8) is 0 Å². The predicted octanol–water partition coefficient (Wildman–Crippen LogP) is 4.06. The summed E-state index contributed by atoms with van der Waals surface area (Å²) in [5.74, 6) is 0.405. The fraction of sp³-hybridized carbons (Fsp3) is 0.520. The van der Waals surface area contributed by atoms with Crippen LogP contribution in [-0.4, -0.2) is 47.2 Å². The van der Waals surface area contributed by atoms with E-state index in [2.05, 4.69) is 15.2 Å². The van der Waals surface area contributed by atoms with Crippen LogP contribution in [0.4, 0.5) is 15.0 Å². The third-order valence-electron chi connectivity index (χ3n) is 7.34. The van der Waals surface area contributed by atoms with Crippen molar-refractivity contribution in [2.45, 2.75) is 63.1 Å². The van der Waals surface area contributed by atoms with Crippen molar-refractivity contribution in [2.24, 2.45) is 0 Å². The Bertz CT molecular complexity index is 1020. The molecule has 1 aromatic carbocycles. The molecular formula is C25H33FN4O2. The number of nitrogens with zero attached hydrogens (tertiary/aromatic N) is 3. The molecule has 172 valence electrons. The lowest BCUT2D eigenvalue weighted by Crippen LogP contribution is -2.54. The summed E-state index contributed by atoms with van der Waals surface area (Å²) in [4.78, 5) is 21.4. The highest BCUT2D eigenvalue weighted by Crippen LogP contribution is 2.46. The summed E-state index contributed by atoms with van der Waals surface area (Å²) in [5, 5.41) is 13.5. The topological polar surface area (TPSA) is 68.7 Å². The molecule has 1 aliphatic heterocycles. The van der Waals surface area contributed by atoms with Gasteiger partial charge in [0.05, 0.1) is 17.7 Å². The van der Waals surface area contributed by atoms with Gasteiger partial charge in [-0.2, -0.15) is 0 Å². The molecule has 2 amide bonds. The molecule has 0 radical (unpaired) electrons. The number of rotatable bonds is 4. The number of halogens is 1. The maximum atomic E-state index is 14.0. The van der Waals surface area contributed by atoms with E-state index in [-0.39, 0.29) is 22.9 Å². The number of amides is 2. The van der Waals surface area contributed by atoms with E-state index in [1.807, 2.05) is 33.2 Å². The van der Waals surface area contributed by atoms with E-state index < -0.39 is 5.60 Å². The Kier molecular flexibility index (Phi) is 5.54. The number of nitrogens with one attached hydrogen (secondary N) is 1. The second-order valence-corrected chi connectivity index (χ2v) is 10.2. The third-order valence-corrected chi connectivity index (χ3v) is 7.34. The summed E-state index contributed by atoms with van der Waals surface area (Å²) in [7, 11) is 4.08. The summed E-state index contributed by atoms with van der Waals surface area (Å²) in [6.07, 6.45) is 4.88. The smallest absolute Gasteiger partial charge is 0.323 e. The number of urea groups is 1. The molecule has 1 saturated heterocycles. The van der Waals surface area contributed by atoms with Crippen LogP contribution in [0.5, 0.6) is 0 Å². The lowest BCUT2D eigenvalue weighted by atomic mass is 9.69. The Balaban J connectivity index is 1.56. The second kappa shape index (κ2) is 7.81. The van der Waals surface area contributed by atoms with Crippen LogP contribution in [0, 0.1) is 12.7 Å². The van der Waals surface area contributed by atoms with Gasteiger partial charge in [0.15, 0.2) is 0 Å². The van der Waals surface area contributed by atoms with Crippen molar-refractivity contribution in [1.82, 2.24) is 15.2 Å². The number of aromatic nitrogens is 1. The summed E-state index contributed by atoms with van der Waals surface area (Å²) < 4.78 is 14.0. The summed E-state index contributed by atoms with van der Waals surface area (Å²) in [5.41, 5.74) is 0.992. The molecule has 2 heterocycles. The molecule has 0 unspecified atom stereocenters. The summed E-state index contributed by atoms with van der Waals surface area (Å²) in [6.45, 7) is 5.91. The number of aliphatic hydroxyl groups is 1. The van der Waals surface area contributed by atoms with Gasteiger partial charge >= 0.3 is 6.03 Å². The van der Waals surface area contributed by atoms with Crippen molar-refractivity contribution in [3.8, 4) is 0 Å². The number of pyridine rings is 1. The first-order valence-electron chi connectivity index (χ1n) is 11.2. The van der Waals surface area contributed by atoms with Gasteiger partial charge in [0.25, 0.3) is 0 Å². The van der Waals surface area contributed by atoms with Crippen LogP contribution < -0.4 is 10.2 Å². The normalized spacial score (nSPS) is 26.1. The van der Waals surface area contributed by atoms with Crippen molar-refractivity contribution in [1.29, 1.82) is 0 Å². The molecule has 6 nitrogen and oxygen atoms in total. The van der Waals surface area contributed by atoms with E-state index in [1.54, 1.807) is 37.1 Å². The van der Waals surface area contributed by atoms with E-state index in [0.29, 0.717) is 12.4 Å². The number of benzene rings is 1. The molecule has 1 spiro atoms. The molecule has 7 heteroatoms. The van der Waals surface area contributed by atoms with Gasteiger partial charge in [0, 0.05) is 17.3 Å². The molecule has 2 aliphatic rings. The van der Waals surface area contributed by atoms with E-state index >= 15 is 0 Å². The highest BCUT2D eigenvalue weighted by atomic mass is 19.1. The zero-order valence-electron chi connectivity index (χ0n) is 19.6. The number of aryl methyl sites for hydroxylation is 1. The summed E-state index contributed by atoms with van der Waals surface area (Å²) in [6, 6.07) is 8.63. The van der Waals surface area contributed by atoms with Gasteiger partial charge in [0.1, 0.15) is 11.6 Å². The molecule has 2 fully saturated rings. The van der Waals surface area contributed by atoms with E-state index in [1.165, 1.54) is 6.07 Å². The Morgan fingerprint density at radius 2 is 1.88 bits per heavy atom. The van der Waals surface area contributed by atoms with Crippen molar-refractivity contribution in [3.05, 3.63) is 59.0 Å². The average molecular weight is 441 g/mol. The first-order valence-corrected chi connectivity index (χ1v) is 11.2. The van der Waals surface area contributed by atoms with Crippen molar-refractivity contribution < 1.29 is 14.3 Å². The van der Waals surface area contributed by atoms with Crippen molar-refractivity contribution in [2.75, 3.05) is 25.5 Å². The fourth-order valence-electron chi connectivity index (χ4n) is 5.26. The Hall–Kier alpha value is -2.51. The van der Waals surface area contributed by atoms with Gasteiger partial charge in [-0.15, -0.1) is 0 Å². The van der Waals surface area contributed by atoms with Gasteiger partial charge in [-0.25, -0.2) is 14.2 Å². The lowest BCUT2D eigenvalue weighted by molar-refractivity contribution is 0.0655. The van der Waals surface area contributed by atoms with Gasteiger partial charge < -0.3 is 10.4 Å². The quantitative estimate of drug-likeness (QED) is 0.753. The number of carbonyl (C=O) groups excluding carboxylic acids is 1. The van der Waals surface area contributed by atoms with E-state index in [4.69, 9.17) is 0 Å². The number of hydrogen-bond acceptors (Lipinski definition) is 4. The van der Waals surface area contributed by atoms with Gasteiger partial charge in [-0.3, -0.25) is 9.80 Å². The van der Waals surface area contributed by atoms with Crippen molar-refractivity contribution >= 4 is 11.8 Å². The molecule has 2 aromatic rings. The zero-order chi connectivity index (χ0) is 23.3. The molecule has 0 atom stereocenters. The molecule has 1 aromatic heterocycles. The second-order valence-electron chi connectivity index (χ2n) is 10.2. The monoisotopic (exact) mass is 440 g/mol. The minimum absolute atomic E-state index is 0.139. The van der Waals surface area contributed by atoms with Crippen LogP contribution in [0.25, 0.3) is 0 Å². The number of hydrogen-bond donors (Lipinski definition) is 2. The van der Waals surface area contributed by atoms with Crippen LogP contribution in [0.1, 0.15) is 56.2 Å². The van der Waals surface area contributed by atoms with E-state index in [9.17, 15) is 14.3 Å². The molecule has 4 rings (SSSR count). The van der Waals surface area contributed by atoms with Crippen LogP contribution in [-0.2, 0) is 11.1 Å². The maximum Gasteiger partial charge on any atom is 0.323 e. The Morgan fingerprint density at radius 1 is 1.19 bits per heavy atom. The van der Waals surface area contributed by atoms with Gasteiger partial charge in [0.2, 0.25) is 0 Å². The molecular weight excluding hydrogens is 407 g/mol. The SMILES string of the molecule is Cc1cc(C(C)(C)O)cnc1N1CC2(CCC(c3cccc(F)c3)(N(C)C)CC2)NC1=O. The Labute approximate surface area is 189 Å². The van der Waals surface area contributed by atoms with Crippen LogP contribution in [0.15, 0.2) is 36.5 Å². The van der Waals surface area contributed by atoms with Gasteiger partial charge in [-0.1, -0.05) is 12.1 Å². The third kappa shape index (κ3) is 3.88. The summed E-state index contributed by atoms with van der Waals surface area (Å²) >= 11 is 0. The highest BCUT2D eigenvalue weighted by Gasteiger charge is 2.50. The minimum Gasteiger partial charge on any atom is -0.386 e. The van der Waals surface area contributed by atoms with E-state index in [0.717, 1.165) is 42.4 Å². The first-order chi connectivity index (χ1) is 15.0. The lowest BCUT2D eigenvalue weighted by Gasteiger charge is -2.48. The largest absolute Gasteiger partial charge is 0.386 e. The average Bonchev–Trinajstić information content (AvgIpc) is 3.03. The molecule has 1 saturated carbocycles. The zero-order valence-corrected chi connectivity index (χ0v) is 19.6. The highest BCUT2D eigenvalue weighted by molar-refractivity contribution is 5.95. The Morgan fingerprint density at radius 3 is 2.44 bits per heavy atom. The van der Waals surface area contributed by atoms with Crippen LogP contribution in [0.3, 0.4) is 0 Å². The molecule has 32 heavy (non-hydrogen) atoms. The van der Waals surface area contributed by atoms with Crippen LogP contribution >= 0.6 is 0 Å². The van der Waals surface area contributed by atoms with Gasteiger partial charge in [-0.05, 0) is 89.9 Å². The first kappa shape index (κ1) is 22.7. The number of anilines is 1. The minimum atomic E-state index is -0.986. The van der Waals surface area contributed by atoms with Crippen LogP contribution in [0.2, 0.25) is 0 Å². The number of carbonyl (C=O) groups is 1.